The van der Waals surface area contributed by atoms with Gasteiger partial charge in [-0.2, -0.15) is 4.98 Å². The molecule has 2 N–H and O–H groups in total. The lowest BCUT2D eigenvalue weighted by Gasteiger charge is -2.43. The Morgan fingerprint density at radius 1 is 1.20 bits per heavy atom. The van der Waals surface area contributed by atoms with Crippen molar-refractivity contribution in [2.75, 3.05) is 37.8 Å². The minimum absolute atomic E-state index is 0.246. The van der Waals surface area contributed by atoms with Crippen molar-refractivity contribution < 1.29 is 0 Å². The molecule has 1 aromatic rings. The minimum atomic E-state index is 0.246. The van der Waals surface area contributed by atoms with Crippen LogP contribution in [0.3, 0.4) is 0 Å². The van der Waals surface area contributed by atoms with Crippen LogP contribution in [0, 0.1) is 0 Å². The Labute approximate surface area is 122 Å². The fourth-order valence-electron chi connectivity index (χ4n) is 2.96. The van der Waals surface area contributed by atoms with Gasteiger partial charge in [-0.05, 0) is 39.9 Å². The maximum Gasteiger partial charge on any atom is 0.224 e. The summed E-state index contributed by atoms with van der Waals surface area (Å²) in [5, 5.41) is 6.65. The Morgan fingerprint density at radius 3 is 2.60 bits per heavy atom. The van der Waals surface area contributed by atoms with Gasteiger partial charge in [-0.25, -0.2) is 4.98 Å². The molecule has 0 aromatic carbocycles. The third kappa shape index (κ3) is 3.60. The number of rotatable bonds is 6. The lowest BCUT2D eigenvalue weighted by Crippen LogP contribution is -2.51. The molecule has 2 rings (SSSR count). The van der Waals surface area contributed by atoms with Crippen molar-refractivity contribution in [2.45, 2.75) is 44.6 Å². The summed E-state index contributed by atoms with van der Waals surface area (Å²) < 4.78 is 0. The fourth-order valence-corrected chi connectivity index (χ4v) is 2.96. The van der Waals surface area contributed by atoms with Gasteiger partial charge in [0, 0.05) is 24.8 Å². The molecular weight excluding hydrogens is 250 g/mol. The molecule has 20 heavy (non-hydrogen) atoms. The standard InChI is InChI=1S/C15H27N5/c1-4-16-13-8-11-17-14(19-13)18-12-15(20(2)3)9-6-5-7-10-15/h8,11H,4-7,9-10,12H2,1-3H3,(H2,16,17,18,19). The van der Waals surface area contributed by atoms with Gasteiger partial charge in [-0.3, -0.25) is 0 Å². The normalized spacial score (nSPS) is 18.0. The summed E-state index contributed by atoms with van der Waals surface area (Å²) in [6, 6.07) is 1.90. The molecule has 1 aliphatic rings. The Kier molecular flexibility index (Phi) is 5.17. The zero-order chi connectivity index (χ0) is 14.4. The Hall–Kier alpha value is -1.36. The highest BCUT2D eigenvalue weighted by Crippen LogP contribution is 2.32. The molecule has 0 unspecified atom stereocenters. The zero-order valence-corrected chi connectivity index (χ0v) is 12.9. The summed E-state index contributed by atoms with van der Waals surface area (Å²) in [6.45, 7) is 3.85. The van der Waals surface area contributed by atoms with E-state index in [-0.39, 0.29) is 5.54 Å². The van der Waals surface area contributed by atoms with Crippen LogP contribution in [0.5, 0.6) is 0 Å². The van der Waals surface area contributed by atoms with E-state index < -0.39 is 0 Å². The minimum Gasteiger partial charge on any atom is -0.370 e. The van der Waals surface area contributed by atoms with Gasteiger partial charge < -0.3 is 15.5 Å². The first-order valence-corrected chi connectivity index (χ1v) is 7.64. The van der Waals surface area contributed by atoms with Crippen LogP contribution >= 0.6 is 0 Å². The van der Waals surface area contributed by atoms with Crippen LogP contribution in [0.25, 0.3) is 0 Å². The third-order valence-corrected chi connectivity index (χ3v) is 4.32. The predicted molar refractivity (Wildman–Crippen MR) is 84.2 cm³/mol. The van der Waals surface area contributed by atoms with Gasteiger partial charge in [0.15, 0.2) is 0 Å². The fraction of sp³-hybridized carbons (Fsp3) is 0.733. The molecule has 0 spiro atoms. The van der Waals surface area contributed by atoms with E-state index in [0.29, 0.717) is 0 Å². The molecule has 0 atom stereocenters. The molecule has 0 radical (unpaired) electrons. The summed E-state index contributed by atoms with van der Waals surface area (Å²) in [5.41, 5.74) is 0.246. The molecule has 0 bridgehead atoms. The number of hydrogen-bond acceptors (Lipinski definition) is 5. The van der Waals surface area contributed by atoms with Crippen molar-refractivity contribution in [3.63, 3.8) is 0 Å². The summed E-state index contributed by atoms with van der Waals surface area (Å²) in [7, 11) is 4.37. The van der Waals surface area contributed by atoms with E-state index in [1.807, 2.05) is 6.07 Å². The number of nitrogens with one attached hydrogen (secondary N) is 2. The summed E-state index contributed by atoms with van der Waals surface area (Å²) in [6.07, 6.45) is 8.30. The van der Waals surface area contributed by atoms with Crippen LogP contribution in [0.4, 0.5) is 11.8 Å². The number of nitrogens with zero attached hydrogens (tertiary/aromatic N) is 3. The van der Waals surface area contributed by atoms with Crippen molar-refractivity contribution in [3.05, 3.63) is 12.3 Å². The lowest BCUT2D eigenvalue weighted by molar-refractivity contribution is 0.113. The van der Waals surface area contributed by atoms with Crippen molar-refractivity contribution in [1.29, 1.82) is 0 Å². The molecule has 1 aromatic heterocycles. The second kappa shape index (κ2) is 6.88. The molecule has 0 aliphatic heterocycles. The largest absolute Gasteiger partial charge is 0.370 e. The molecule has 0 amide bonds. The topological polar surface area (TPSA) is 53.1 Å². The Bertz CT molecular complexity index is 412. The van der Waals surface area contributed by atoms with Gasteiger partial charge in [-0.1, -0.05) is 19.3 Å². The summed E-state index contributed by atoms with van der Waals surface area (Å²) >= 11 is 0. The molecule has 1 heterocycles. The Balaban J connectivity index is 2.00. The monoisotopic (exact) mass is 277 g/mol. The first kappa shape index (κ1) is 15.0. The highest BCUT2D eigenvalue weighted by Gasteiger charge is 2.34. The average molecular weight is 277 g/mol. The molecular formula is C15H27N5. The van der Waals surface area contributed by atoms with Gasteiger partial charge in [0.05, 0.1) is 0 Å². The van der Waals surface area contributed by atoms with Crippen LogP contribution in [0.1, 0.15) is 39.0 Å². The zero-order valence-electron chi connectivity index (χ0n) is 12.9. The van der Waals surface area contributed by atoms with Crippen LogP contribution in [0.2, 0.25) is 0 Å². The SMILES string of the molecule is CCNc1ccnc(NCC2(N(C)C)CCCCC2)n1. The van der Waals surface area contributed by atoms with Gasteiger partial charge in [0.1, 0.15) is 5.82 Å². The second-order valence-corrected chi connectivity index (χ2v) is 5.83. The number of anilines is 2. The maximum absolute atomic E-state index is 4.49. The van der Waals surface area contributed by atoms with Crippen LogP contribution in [0.15, 0.2) is 12.3 Å². The first-order chi connectivity index (χ1) is 9.66. The van der Waals surface area contributed by atoms with E-state index in [9.17, 15) is 0 Å². The van der Waals surface area contributed by atoms with E-state index in [2.05, 4.69) is 46.5 Å². The van der Waals surface area contributed by atoms with Crippen molar-refractivity contribution in [2.24, 2.45) is 0 Å². The molecule has 5 heteroatoms. The van der Waals surface area contributed by atoms with Crippen LogP contribution in [-0.4, -0.2) is 47.6 Å². The van der Waals surface area contributed by atoms with E-state index >= 15 is 0 Å². The number of hydrogen-bond donors (Lipinski definition) is 2. The van der Waals surface area contributed by atoms with E-state index in [0.717, 1.165) is 24.9 Å². The van der Waals surface area contributed by atoms with Crippen molar-refractivity contribution in [1.82, 2.24) is 14.9 Å². The maximum atomic E-state index is 4.49. The molecule has 1 aliphatic carbocycles. The highest BCUT2D eigenvalue weighted by atomic mass is 15.2. The van der Waals surface area contributed by atoms with Gasteiger partial charge in [-0.15, -0.1) is 0 Å². The summed E-state index contributed by atoms with van der Waals surface area (Å²) in [4.78, 5) is 11.2. The quantitative estimate of drug-likeness (QED) is 0.837. The van der Waals surface area contributed by atoms with E-state index in [1.165, 1.54) is 32.1 Å². The summed E-state index contributed by atoms with van der Waals surface area (Å²) in [5.74, 6) is 1.60. The predicted octanol–water partition coefficient (Wildman–Crippen LogP) is 2.58. The molecule has 5 nitrogen and oxygen atoms in total. The van der Waals surface area contributed by atoms with Gasteiger partial charge >= 0.3 is 0 Å². The highest BCUT2D eigenvalue weighted by molar-refractivity contribution is 5.39. The molecule has 1 saturated carbocycles. The lowest BCUT2D eigenvalue weighted by atomic mass is 9.80. The van der Waals surface area contributed by atoms with Crippen molar-refractivity contribution in [3.8, 4) is 0 Å². The first-order valence-electron chi connectivity index (χ1n) is 7.64. The third-order valence-electron chi connectivity index (χ3n) is 4.32. The van der Waals surface area contributed by atoms with Crippen molar-refractivity contribution >= 4 is 11.8 Å². The number of aromatic nitrogens is 2. The smallest absolute Gasteiger partial charge is 0.224 e. The van der Waals surface area contributed by atoms with Gasteiger partial charge in [0.25, 0.3) is 0 Å². The Morgan fingerprint density at radius 2 is 1.95 bits per heavy atom. The molecule has 112 valence electrons. The molecule has 1 fully saturated rings. The van der Waals surface area contributed by atoms with Crippen LogP contribution < -0.4 is 10.6 Å². The van der Waals surface area contributed by atoms with Gasteiger partial charge in [0.2, 0.25) is 5.95 Å². The van der Waals surface area contributed by atoms with Crippen LogP contribution in [-0.2, 0) is 0 Å². The number of likely N-dealkylation sites (N-methyl/N-ethyl adjacent to an activating group) is 1. The molecule has 0 saturated heterocycles. The average Bonchev–Trinajstić information content (AvgIpc) is 2.47. The van der Waals surface area contributed by atoms with E-state index in [4.69, 9.17) is 0 Å². The second-order valence-electron chi connectivity index (χ2n) is 5.83. The van der Waals surface area contributed by atoms with E-state index in [1.54, 1.807) is 6.20 Å².